The van der Waals surface area contributed by atoms with Gasteiger partial charge in [0, 0.05) is 54.7 Å². The molecule has 2 N–H and O–H groups in total. The van der Waals surface area contributed by atoms with Crippen molar-refractivity contribution in [2.75, 3.05) is 38.6 Å². The second-order valence-corrected chi connectivity index (χ2v) is 18.1. The van der Waals surface area contributed by atoms with Crippen LogP contribution in [-0.4, -0.2) is 82.2 Å². The molecule has 2 aliphatic carbocycles. The number of amides is 1. The molecular formula is C51H57ClFN3O10S. The minimum Gasteiger partial charge on any atom is -0.459 e. The number of benzene rings is 4. The van der Waals surface area contributed by atoms with E-state index in [2.05, 4.69) is 12.7 Å². The molecule has 0 aromatic heterocycles. The third kappa shape index (κ3) is 11.6. The molecule has 4 aromatic rings. The lowest BCUT2D eigenvalue weighted by Gasteiger charge is -2.59. The summed E-state index contributed by atoms with van der Waals surface area (Å²) in [7, 11) is 0. The Labute approximate surface area is 399 Å². The monoisotopic (exact) mass is 957 g/mol. The standard InChI is InChI=1S/C51H57ClFN3O10S/c1-3-27-63-51-47(55(50(59)62-28-24-52)32-34-10-14-37(53)15-11-34)31-45(54-64-33-35-12-16-38(17-13-35)56(60)61)43-29-36(8-4-6-25-57)42(9-5-7-26-58)48(49(43)51)44-30-40(20-23-46(44)66-51)65-39-18-21-41(67-2)22-19-39/h3,10-23,29-30,36,42,47-49,57-58H,1,4-9,24-28,31-33H2,2H3/t36-,42+,47-,48+,49+,51+/m0/s1. The second-order valence-electron chi connectivity index (χ2n) is 16.8. The number of allylic oxidation sites excluding steroid dienone is 1. The zero-order valence-corrected chi connectivity index (χ0v) is 39.0. The third-order valence-corrected chi connectivity index (χ3v) is 13.6. The van der Waals surface area contributed by atoms with Crippen LogP contribution in [0, 0.1) is 33.7 Å². The van der Waals surface area contributed by atoms with Crippen molar-refractivity contribution in [2.24, 2.45) is 22.9 Å². The largest absolute Gasteiger partial charge is 0.459 e. The number of rotatable bonds is 23. The maximum absolute atomic E-state index is 14.6. The van der Waals surface area contributed by atoms with Gasteiger partial charge in [0.2, 0.25) is 5.79 Å². The number of carbonyl (C=O) groups excluding carboxylic acids is 1. The summed E-state index contributed by atoms with van der Waals surface area (Å²) < 4.78 is 41.0. The van der Waals surface area contributed by atoms with Gasteiger partial charge < -0.3 is 34.0 Å². The van der Waals surface area contributed by atoms with E-state index in [1.165, 1.54) is 29.2 Å². The molecule has 16 heteroatoms. The fourth-order valence-electron chi connectivity index (χ4n) is 9.69. The number of aliphatic hydroxyl groups excluding tert-OH is 2. The number of fused-ring (bicyclic) bond motifs is 2. The third-order valence-electron chi connectivity index (χ3n) is 12.7. The molecule has 356 valence electrons. The van der Waals surface area contributed by atoms with Crippen molar-refractivity contribution in [1.29, 1.82) is 0 Å². The number of alkyl halides is 1. The Kier molecular flexibility index (Phi) is 17.4. The van der Waals surface area contributed by atoms with Crippen LogP contribution in [0.3, 0.4) is 0 Å². The van der Waals surface area contributed by atoms with E-state index in [0.717, 1.165) is 41.7 Å². The highest BCUT2D eigenvalue weighted by molar-refractivity contribution is 7.98. The van der Waals surface area contributed by atoms with Gasteiger partial charge >= 0.3 is 6.09 Å². The minimum atomic E-state index is -1.60. The van der Waals surface area contributed by atoms with Crippen LogP contribution in [0.2, 0.25) is 0 Å². The molecule has 6 atom stereocenters. The number of ether oxygens (including phenoxy) is 4. The normalized spacial score (nSPS) is 22.1. The van der Waals surface area contributed by atoms with E-state index in [1.54, 1.807) is 42.1 Å². The average molecular weight is 959 g/mol. The summed E-state index contributed by atoms with van der Waals surface area (Å²) >= 11 is 7.72. The highest BCUT2D eigenvalue weighted by Crippen LogP contribution is 2.62. The second kappa shape index (κ2) is 23.5. The smallest absolute Gasteiger partial charge is 0.410 e. The molecule has 67 heavy (non-hydrogen) atoms. The van der Waals surface area contributed by atoms with Crippen LogP contribution in [0.1, 0.15) is 67.6 Å². The van der Waals surface area contributed by atoms with Crippen molar-refractivity contribution in [2.45, 2.75) is 80.7 Å². The topological polar surface area (TPSA) is 162 Å². The van der Waals surface area contributed by atoms with Gasteiger partial charge in [0.15, 0.2) is 0 Å². The molecule has 1 fully saturated rings. The molecule has 0 spiro atoms. The van der Waals surface area contributed by atoms with E-state index in [-0.39, 0.29) is 75.3 Å². The lowest BCUT2D eigenvalue weighted by Crippen LogP contribution is -2.70. The maximum atomic E-state index is 14.6. The zero-order valence-electron chi connectivity index (χ0n) is 37.5. The van der Waals surface area contributed by atoms with Crippen LogP contribution in [0.25, 0.3) is 0 Å². The van der Waals surface area contributed by atoms with Crippen molar-refractivity contribution in [3.05, 3.63) is 148 Å². The molecule has 1 heterocycles. The predicted molar refractivity (Wildman–Crippen MR) is 255 cm³/mol. The predicted octanol–water partition coefficient (Wildman–Crippen LogP) is 11.0. The number of non-ortho nitro benzene ring substituents is 1. The first kappa shape index (κ1) is 49.5. The Morgan fingerprint density at radius 1 is 1.00 bits per heavy atom. The molecule has 4 aromatic carbocycles. The molecule has 0 saturated heterocycles. The van der Waals surface area contributed by atoms with Crippen LogP contribution < -0.4 is 9.47 Å². The van der Waals surface area contributed by atoms with Crippen LogP contribution in [-0.2, 0) is 27.5 Å². The fourth-order valence-corrected chi connectivity index (χ4v) is 10.2. The summed E-state index contributed by atoms with van der Waals surface area (Å²) in [6.45, 7) is 4.00. The van der Waals surface area contributed by atoms with Gasteiger partial charge in [0.25, 0.3) is 5.69 Å². The summed E-state index contributed by atoms with van der Waals surface area (Å²) in [5.74, 6) is -1.27. The summed E-state index contributed by atoms with van der Waals surface area (Å²) in [5, 5.41) is 36.2. The van der Waals surface area contributed by atoms with Gasteiger partial charge in [0.05, 0.1) is 29.0 Å². The number of unbranched alkanes of at least 4 members (excludes halogenated alkanes) is 2. The number of carbonyl (C=O) groups is 1. The van der Waals surface area contributed by atoms with Gasteiger partial charge in [-0.05, 0) is 127 Å². The number of hydrogen-bond acceptors (Lipinski definition) is 12. The molecular weight excluding hydrogens is 901 g/mol. The molecule has 1 aliphatic heterocycles. The molecule has 7 rings (SSSR count). The first-order chi connectivity index (χ1) is 32.6. The van der Waals surface area contributed by atoms with E-state index < -0.39 is 34.6 Å². The Morgan fingerprint density at radius 3 is 2.37 bits per heavy atom. The van der Waals surface area contributed by atoms with E-state index in [4.69, 9.17) is 40.5 Å². The summed E-state index contributed by atoms with van der Waals surface area (Å²) in [4.78, 5) is 34.3. The highest BCUT2D eigenvalue weighted by atomic mass is 35.5. The average Bonchev–Trinajstić information content (AvgIpc) is 3.34. The maximum Gasteiger partial charge on any atom is 0.410 e. The Bertz CT molecular complexity index is 2370. The molecule has 3 aliphatic rings. The van der Waals surface area contributed by atoms with E-state index in [1.807, 2.05) is 48.7 Å². The van der Waals surface area contributed by atoms with Crippen molar-refractivity contribution in [3.8, 4) is 17.2 Å². The van der Waals surface area contributed by atoms with E-state index in [0.29, 0.717) is 46.9 Å². The van der Waals surface area contributed by atoms with Gasteiger partial charge in [-0.25, -0.2) is 9.18 Å². The summed E-state index contributed by atoms with van der Waals surface area (Å²) in [5.41, 5.74) is 3.43. The van der Waals surface area contributed by atoms with Gasteiger partial charge in [-0.3, -0.25) is 15.0 Å². The van der Waals surface area contributed by atoms with Crippen LogP contribution in [0.5, 0.6) is 17.2 Å². The first-order valence-electron chi connectivity index (χ1n) is 22.6. The molecule has 1 amide bonds. The van der Waals surface area contributed by atoms with Crippen LogP contribution in [0.4, 0.5) is 14.9 Å². The van der Waals surface area contributed by atoms with Gasteiger partial charge in [-0.15, -0.1) is 29.9 Å². The first-order valence-corrected chi connectivity index (χ1v) is 24.4. The summed E-state index contributed by atoms with van der Waals surface area (Å²) in [6.07, 6.45) is 9.38. The Hall–Kier alpha value is -5.45. The number of halogens is 2. The number of hydrogen-bond donors (Lipinski definition) is 2. The van der Waals surface area contributed by atoms with Crippen LogP contribution in [0.15, 0.2) is 125 Å². The van der Waals surface area contributed by atoms with Gasteiger partial charge in [-0.1, -0.05) is 42.3 Å². The van der Waals surface area contributed by atoms with Gasteiger partial charge in [-0.2, -0.15) is 0 Å². The molecule has 1 saturated carbocycles. The quantitative estimate of drug-likeness (QED) is 0.0182. The number of nitro benzene ring substituents is 1. The van der Waals surface area contributed by atoms with Gasteiger partial charge in [0.1, 0.15) is 42.3 Å². The Morgan fingerprint density at radius 2 is 1.70 bits per heavy atom. The van der Waals surface area contributed by atoms with Crippen molar-refractivity contribution < 1.29 is 48.1 Å². The molecule has 0 radical (unpaired) electrons. The van der Waals surface area contributed by atoms with Crippen LogP contribution >= 0.6 is 23.4 Å². The SMILES string of the molecule is C=CCO[C@@]12Oc3ccc(Oc4ccc(SC)cc4)cc3[C@H]3[C@H](CCCCO)[C@@H](CCCCO)C=C(C(=NOCc4ccc([N+](=O)[O-])cc4)C[C@@H]1N(Cc1ccc(F)cc1)C(=O)OCCCl)[C@H]32. The zero-order chi connectivity index (χ0) is 47.3. The fraction of sp³-hybridized carbons (Fsp3) is 0.412. The summed E-state index contributed by atoms with van der Waals surface area (Å²) in [6, 6.07) is 24.6. The van der Waals surface area contributed by atoms with E-state index in [9.17, 15) is 29.5 Å². The van der Waals surface area contributed by atoms with Crippen molar-refractivity contribution in [3.63, 3.8) is 0 Å². The van der Waals surface area contributed by atoms with Crippen molar-refractivity contribution >= 4 is 40.9 Å². The lowest BCUT2D eigenvalue weighted by molar-refractivity contribution is -0.384. The number of thioether (sulfide) groups is 1. The molecule has 0 bridgehead atoms. The molecule has 13 nitrogen and oxygen atoms in total. The number of nitrogens with zero attached hydrogens (tertiary/aromatic N) is 3. The van der Waals surface area contributed by atoms with E-state index >= 15 is 0 Å². The Balaban J connectivity index is 1.44. The number of aliphatic hydroxyl groups is 2. The lowest BCUT2D eigenvalue weighted by atomic mass is 9.55. The number of oxime groups is 1. The minimum absolute atomic E-state index is 0.00955. The molecule has 0 unspecified atom stereocenters. The van der Waals surface area contributed by atoms with Crippen molar-refractivity contribution in [1.82, 2.24) is 4.90 Å². The number of nitro groups is 1. The highest BCUT2D eigenvalue weighted by Gasteiger charge is 2.65.